The number of rotatable bonds is 6. The van der Waals surface area contributed by atoms with Crippen molar-refractivity contribution in [3.05, 3.63) is 29.7 Å². The first-order chi connectivity index (χ1) is 16.3. The van der Waals surface area contributed by atoms with Crippen molar-refractivity contribution in [1.29, 1.82) is 0 Å². The maximum absolute atomic E-state index is 13.0. The van der Waals surface area contributed by atoms with Crippen LogP contribution in [-0.4, -0.2) is 72.8 Å². The van der Waals surface area contributed by atoms with Gasteiger partial charge in [0.15, 0.2) is 0 Å². The monoisotopic (exact) mass is 514 g/mol. The number of ether oxygens (including phenoxy) is 2. The van der Waals surface area contributed by atoms with Crippen molar-refractivity contribution in [2.24, 2.45) is 0 Å². The van der Waals surface area contributed by atoms with Crippen molar-refractivity contribution in [1.82, 2.24) is 20.8 Å². The number of carboxylic acid groups (broad SMARTS) is 1. The van der Waals surface area contributed by atoms with Crippen molar-refractivity contribution >= 4 is 11.9 Å². The third-order valence-corrected chi connectivity index (χ3v) is 4.54. The number of nitrogens with zero attached hydrogens (tertiary/aromatic N) is 2. The Bertz CT molecular complexity index is 1030. The lowest BCUT2D eigenvalue weighted by Gasteiger charge is -2.11. The lowest BCUT2D eigenvalue weighted by Crippen LogP contribution is -2.36. The lowest BCUT2D eigenvalue weighted by atomic mass is 10.1. The maximum atomic E-state index is 13.0. The van der Waals surface area contributed by atoms with Gasteiger partial charge >= 0.3 is 30.1 Å². The van der Waals surface area contributed by atoms with Gasteiger partial charge in [-0.2, -0.15) is 26.3 Å². The third kappa shape index (κ3) is 7.81. The number of alkyl halides is 6. The van der Waals surface area contributed by atoms with Gasteiger partial charge in [0.2, 0.25) is 0 Å². The molecule has 1 saturated heterocycles. The molecule has 0 unspecified atom stereocenters. The molecule has 35 heavy (non-hydrogen) atoms. The fourth-order valence-corrected chi connectivity index (χ4v) is 2.98. The number of hydrogen-bond donors (Lipinski definition) is 3. The summed E-state index contributed by atoms with van der Waals surface area (Å²) in [6.45, 7) is 1.08. The maximum Gasteiger partial charge on any atom is 0.490 e. The van der Waals surface area contributed by atoms with Crippen LogP contribution >= 0.6 is 0 Å². The van der Waals surface area contributed by atoms with Crippen molar-refractivity contribution in [3.63, 3.8) is 0 Å². The Morgan fingerprint density at radius 3 is 2.40 bits per heavy atom. The molecule has 0 saturated carbocycles. The Morgan fingerprint density at radius 1 is 1.20 bits per heavy atom. The molecule has 1 aliphatic heterocycles. The van der Waals surface area contributed by atoms with Crippen LogP contribution in [-0.2, 0) is 15.7 Å². The van der Waals surface area contributed by atoms with E-state index in [0.717, 1.165) is 18.2 Å². The Hall–Kier alpha value is -3.40. The molecule has 1 aromatic heterocycles. The molecule has 1 fully saturated rings. The highest BCUT2D eigenvalue weighted by Crippen LogP contribution is 2.36. The van der Waals surface area contributed by atoms with Crippen LogP contribution in [0.3, 0.4) is 0 Å². The molecule has 1 amide bonds. The molecule has 0 bridgehead atoms. The first kappa shape index (κ1) is 27.8. The van der Waals surface area contributed by atoms with Gasteiger partial charge in [-0.25, -0.2) is 4.79 Å². The molecule has 1 aromatic carbocycles. The summed E-state index contributed by atoms with van der Waals surface area (Å²) in [5, 5.41) is 20.4. The molecule has 0 aliphatic carbocycles. The average molecular weight is 514 g/mol. The molecule has 1 aliphatic rings. The zero-order valence-corrected chi connectivity index (χ0v) is 18.2. The van der Waals surface area contributed by atoms with Gasteiger partial charge in [0.1, 0.15) is 5.75 Å². The quantitative estimate of drug-likeness (QED) is 0.497. The Balaban J connectivity index is 0.000000540. The summed E-state index contributed by atoms with van der Waals surface area (Å²) >= 11 is 0. The number of benzene rings is 1. The van der Waals surface area contributed by atoms with Crippen LogP contribution in [0, 0.1) is 0 Å². The standard InChI is InChI=1S/C17H19F3N4O4.C2HF3O2/c1-26-8-11-6-10(7-21-11)22-14(25)16-24-23-15(28-16)12-5-9(17(18,19)20)3-4-13(12)27-2;3-2(4,5)1(6)7/h3-5,10-11,21H,6-8H2,1-2H3,(H,22,25);(H,6,7)/t10-,11+;/m1./s1. The molecule has 2 heterocycles. The summed E-state index contributed by atoms with van der Waals surface area (Å²) in [4.78, 5) is 21.2. The summed E-state index contributed by atoms with van der Waals surface area (Å²) in [6.07, 6.45) is -8.96. The SMILES string of the molecule is COC[C@@H]1C[C@@H](NC(=O)c2nnc(-c3cc(C(F)(F)F)ccc3OC)o2)CN1.O=C(O)C(F)(F)F. The molecule has 194 valence electrons. The molecule has 0 radical (unpaired) electrons. The number of carbonyl (C=O) groups is 2. The van der Waals surface area contributed by atoms with E-state index >= 15 is 0 Å². The highest BCUT2D eigenvalue weighted by molar-refractivity contribution is 5.90. The zero-order chi connectivity index (χ0) is 26.4. The van der Waals surface area contributed by atoms with Crippen molar-refractivity contribution in [3.8, 4) is 17.2 Å². The summed E-state index contributed by atoms with van der Waals surface area (Å²) in [7, 11) is 2.90. The van der Waals surface area contributed by atoms with Gasteiger partial charge in [-0.1, -0.05) is 0 Å². The van der Waals surface area contributed by atoms with Crippen LogP contribution < -0.4 is 15.4 Å². The van der Waals surface area contributed by atoms with E-state index in [1.165, 1.54) is 7.11 Å². The van der Waals surface area contributed by atoms with Gasteiger partial charge in [-0.05, 0) is 24.6 Å². The van der Waals surface area contributed by atoms with Gasteiger partial charge in [-0.15, -0.1) is 10.2 Å². The molecule has 2 aromatic rings. The van der Waals surface area contributed by atoms with E-state index in [0.29, 0.717) is 19.6 Å². The van der Waals surface area contributed by atoms with E-state index in [-0.39, 0.29) is 35.2 Å². The number of carboxylic acids is 1. The summed E-state index contributed by atoms with van der Waals surface area (Å²) in [5.41, 5.74) is -0.944. The zero-order valence-electron chi connectivity index (χ0n) is 18.2. The third-order valence-electron chi connectivity index (χ3n) is 4.54. The largest absolute Gasteiger partial charge is 0.496 e. The van der Waals surface area contributed by atoms with Crippen LogP contribution in [0.25, 0.3) is 11.5 Å². The minimum absolute atomic E-state index is 0.0495. The first-order valence-corrected chi connectivity index (χ1v) is 9.68. The number of halogens is 6. The van der Waals surface area contributed by atoms with E-state index in [9.17, 15) is 31.1 Å². The van der Waals surface area contributed by atoms with Crippen LogP contribution in [0.2, 0.25) is 0 Å². The topological polar surface area (TPSA) is 136 Å². The average Bonchev–Trinajstić information content (AvgIpc) is 3.42. The predicted molar refractivity (Wildman–Crippen MR) is 105 cm³/mol. The van der Waals surface area contributed by atoms with Crippen molar-refractivity contribution in [2.45, 2.75) is 30.9 Å². The van der Waals surface area contributed by atoms with Gasteiger partial charge < -0.3 is 29.6 Å². The smallest absolute Gasteiger partial charge is 0.490 e. The first-order valence-electron chi connectivity index (χ1n) is 9.68. The number of hydrogen-bond acceptors (Lipinski definition) is 8. The predicted octanol–water partition coefficient (Wildman–Crippen LogP) is 2.50. The molecule has 3 N–H and O–H groups in total. The molecule has 0 spiro atoms. The number of nitrogens with one attached hydrogen (secondary N) is 2. The summed E-state index contributed by atoms with van der Waals surface area (Å²) in [6, 6.07) is 2.86. The number of carbonyl (C=O) groups excluding carboxylic acids is 1. The Kier molecular flexibility index (Phi) is 9.03. The van der Waals surface area contributed by atoms with E-state index in [1.807, 2.05) is 0 Å². The minimum Gasteiger partial charge on any atom is -0.496 e. The molecule has 10 nitrogen and oxygen atoms in total. The molecule has 2 atom stereocenters. The van der Waals surface area contributed by atoms with Gasteiger partial charge in [0.05, 0.1) is 24.8 Å². The molecular formula is C19H20F6N4O6. The number of aliphatic carboxylic acids is 1. The van der Waals surface area contributed by atoms with Crippen LogP contribution in [0.15, 0.2) is 22.6 Å². The summed E-state index contributed by atoms with van der Waals surface area (Å²) < 4.78 is 86.1. The molecule has 16 heteroatoms. The second kappa shape index (κ2) is 11.4. The minimum atomic E-state index is -5.08. The van der Waals surface area contributed by atoms with Crippen LogP contribution in [0.4, 0.5) is 26.3 Å². The highest BCUT2D eigenvalue weighted by atomic mass is 19.4. The molecular weight excluding hydrogens is 494 g/mol. The normalized spacial score (nSPS) is 17.9. The second-order valence-corrected chi connectivity index (χ2v) is 7.09. The lowest BCUT2D eigenvalue weighted by molar-refractivity contribution is -0.192. The highest BCUT2D eigenvalue weighted by Gasteiger charge is 2.38. The fourth-order valence-electron chi connectivity index (χ4n) is 2.98. The van der Waals surface area contributed by atoms with E-state index < -0.39 is 29.8 Å². The van der Waals surface area contributed by atoms with Crippen LogP contribution in [0.1, 0.15) is 22.7 Å². The Labute approximate surface area is 193 Å². The van der Waals surface area contributed by atoms with Crippen LogP contribution in [0.5, 0.6) is 5.75 Å². The van der Waals surface area contributed by atoms with Gasteiger partial charge in [0.25, 0.3) is 5.89 Å². The number of amides is 1. The second-order valence-electron chi connectivity index (χ2n) is 7.09. The molecule has 3 rings (SSSR count). The van der Waals surface area contributed by atoms with Crippen molar-refractivity contribution < 1.29 is 54.9 Å². The fraction of sp³-hybridized carbons (Fsp3) is 0.474. The van der Waals surface area contributed by atoms with E-state index in [4.69, 9.17) is 23.8 Å². The van der Waals surface area contributed by atoms with E-state index in [2.05, 4.69) is 20.8 Å². The van der Waals surface area contributed by atoms with Gasteiger partial charge in [0, 0.05) is 25.7 Å². The van der Waals surface area contributed by atoms with E-state index in [1.54, 1.807) is 7.11 Å². The van der Waals surface area contributed by atoms with Gasteiger partial charge in [-0.3, -0.25) is 4.79 Å². The summed E-state index contributed by atoms with van der Waals surface area (Å²) in [5.74, 6) is -3.83. The Morgan fingerprint density at radius 2 is 1.86 bits per heavy atom. The van der Waals surface area contributed by atoms with Crippen molar-refractivity contribution in [2.75, 3.05) is 27.4 Å². The number of aromatic nitrogens is 2. The number of methoxy groups -OCH3 is 2.